The van der Waals surface area contributed by atoms with Gasteiger partial charge in [-0.3, -0.25) is 9.59 Å². The molecule has 0 aliphatic carbocycles. The van der Waals surface area contributed by atoms with Gasteiger partial charge in [-0.15, -0.1) is 11.6 Å². The summed E-state index contributed by atoms with van der Waals surface area (Å²) in [6.07, 6.45) is -0.531. The van der Waals surface area contributed by atoms with Crippen molar-refractivity contribution in [2.75, 3.05) is 11.2 Å². The van der Waals surface area contributed by atoms with Crippen LogP contribution in [0.1, 0.15) is 27.1 Å². The Bertz CT molecular complexity index is 977. The van der Waals surface area contributed by atoms with Crippen molar-refractivity contribution in [1.29, 1.82) is 0 Å². The van der Waals surface area contributed by atoms with E-state index in [1.54, 1.807) is 48.5 Å². The molecule has 1 unspecified atom stereocenters. The zero-order valence-electron chi connectivity index (χ0n) is 15.5. The van der Waals surface area contributed by atoms with Crippen LogP contribution in [0.25, 0.3) is 0 Å². The Labute approximate surface area is 173 Å². The third-order valence-electron chi connectivity index (χ3n) is 4.20. The number of hydrogen-bond acceptors (Lipinski definition) is 3. The van der Waals surface area contributed by atoms with E-state index in [4.69, 9.17) is 16.3 Å². The minimum absolute atomic E-state index is 0.224. The lowest BCUT2D eigenvalue weighted by molar-refractivity contribution is 0.0787. The quantitative estimate of drug-likeness (QED) is 0.402. The highest BCUT2D eigenvalue weighted by molar-refractivity contribution is 6.18. The third-order valence-corrected chi connectivity index (χ3v) is 4.42. The largest absolute Gasteiger partial charge is 0.482 e. The first-order valence-corrected chi connectivity index (χ1v) is 9.59. The Balaban J connectivity index is 1.73. The smallest absolute Gasteiger partial charge is 0.255 e. The first-order valence-electron chi connectivity index (χ1n) is 9.05. The second kappa shape index (κ2) is 9.85. The zero-order valence-corrected chi connectivity index (χ0v) is 16.2. The van der Waals surface area contributed by atoms with Gasteiger partial charge in [-0.25, -0.2) is 4.39 Å². The summed E-state index contributed by atoms with van der Waals surface area (Å²) in [7, 11) is 0. The van der Waals surface area contributed by atoms with Gasteiger partial charge in [0.25, 0.3) is 5.91 Å². The normalized spacial score (nSPS) is 11.5. The maximum Gasteiger partial charge on any atom is 0.255 e. The molecule has 3 aromatic rings. The Morgan fingerprint density at radius 1 is 0.931 bits per heavy atom. The topological polar surface area (TPSA) is 55.4 Å². The molecule has 0 aliphatic heterocycles. The highest BCUT2D eigenvalue weighted by Crippen LogP contribution is 2.22. The van der Waals surface area contributed by atoms with Gasteiger partial charge in [0.15, 0.2) is 6.10 Å². The number of rotatable bonds is 8. The lowest BCUT2D eigenvalue weighted by Crippen LogP contribution is -2.28. The number of nitrogens with one attached hydrogen (secondary N) is 1. The average molecular weight is 412 g/mol. The van der Waals surface area contributed by atoms with E-state index in [1.165, 1.54) is 24.3 Å². The molecule has 0 saturated carbocycles. The van der Waals surface area contributed by atoms with Crippen LogP contribution in [-0.2, 0) is 0 Å². The monoisotopic (exact) mass is 411 g/mol. The van der Waals surface area contributed by atoms with E-state index in [0.717, 1.165) is 0 Å². The predicted molar refractivity (Wildman–Crippen MR) is 111 cm³/mol. The van der Waals surface area contributed by atoms with Crippen molar-refractivity contribution < 1.29 is 18.7 Å². The van der Waals surface area contributed by atoms with Crippen LogP contribution in [0.3, 0.4) is 0 Å². The van der Waals surface area contributed by atoms with E-state index in [9.17, 15) is 14.0 Å². The molecule has 1 atom stereocenters. The van der Waals surface area contributed by atoms with E-state index in [2.05, 4.69) is 5.32 Å². The number of halogens is 2. The SMILES string of the molecule is O=C(Nc1cccc(OC(CCCl)C(=O)c2ccc(F)cc2)c1)c1ccccc1. The number of benzene rings is 3. The standard InChI is InChI=1S/C23H19ClFNO3/c24-14-13-21(22(27)16-9-11-18(25)12-10-16)29-20-8-4-7-19(15-20)26-23(28)17-5-2-1-3-6-17/h1-12,15,21H,13-14H2,(H,26,28). The number of ether oxygens (including phenoxy) is 1. The molecular formula is C23H19ClFNO3. The van der Waals surface area contributed by atoms with Crippen LogP contribution in [0.4, 0.5) is 10.1 Å². The molecule has 0 spiro atoms. The Kier molecular flexibility index (Phi) is 6.98. The number of carbonyl (C=O) groups is 2. The first kappa shape index (κ1) is 20.6. The van der Waals surface area contributed by atoms with Crippen LogP contribution in [0, 0.1) is 5.82 Å². The Hall–Kier alpha value is -3.18. The number of anilines is 1. The van der Waals surface area contributed by atoms with E-state index in [-0.39, 0.29) is 17.6 Å². The molecule has 0 aromatic heterocycles. The molecule has 3 rings (SSSR count). The van der Waals surface area contributed by atoms with Gasteiger partial charge in [-0.2, -0.15) is 0 Å². The van der Waals surface area contributed by atoms with Crippen molar-refractivity contribution in [3.8, 4) is 5.75 Å². The fourth-order valence-corrected chi connectivity index (χ4v) is 2.95. The second-order valence-electron chi connectivity index (χ2n) is 6.30. The molecule has 4 nitrogen and oxygen atoms in total. The summed E-state index contributed by atoms with van der Waals surface area (Å²) < 4.78 is 19.0. The van der Waals surface area contributed by atoms with Crippen molar-refractivity contribution in [3.63, 3.8) is 0 Å². The molecular weight excluding hydrogens is 393 g/mol. The average Bonchev–Trinajstić information content (AvgIpc) is 2.74. The van der Waals surface area contributed by atoms with Crippen LogP contribution in [0.2, 0.25) is 0 Å². The molecule has 1 amide bonds. The first-order chi connectivity index (χ1) is 14.1. The lowest BCUT2D eigenvalue weighted by Gasteiger charge is -2.18. The van der Waals surface area contributed by atoms with Crippen molar-refractivity contribution in [3.05, 3.63) is 95.8 Å². The van der Waals surface area contributed by atoms with Gasteiger partial charge in [0.2, 0.25) is 5.78 Å². The van der Waals surface area contributed by atoms with E-state index in [0.29, 0.717) is 29.0 Å². The van der Waals surface area contributed by atoms with Gasteiger partial charge in [0.1, 0.15) is 11.6 Å². The van der Waals surface area contributed by atoms with Crippen molar-refractivity contribution >= 4 is 29.0 Å². The molecule has 0 bridgehead atoms. The summed E-state index contributed by atoms with van der Waals surface area (Å²) in [5.41, 5.74) is 1.41. The van der Waals surface area contributed by atoms with Crippen molar-refractivity contribution in [2.45, 2.75) is 12.5 Å². The Morgan fingerprint density at radius 3 is 2.34 bits per heavy atom. The summed E-state index contributed by atoms with van der Waals surface area (Å²) in [6, 6.07) is 20.9. The van der Waals surface area contributed by atoms with Crippen LogP contribution in [0.5, 0.6) is 5.75 Å². The number of amides is 1. The fraction of sp³-hybridized carbons (Fsp3) is 0.130. The summed E-state index contributed by atoms with van der Waals surface area (Å²) >= 11 is 5.84. The van der Waals surface area contributed by atoms with Crippen LogP contribution in [0.15, 0.2) is 78.9 Å². The second-order valence-corrected chi connectivity index (χ2v) is 6.68. The number of hydrogen-bond donors (Lipinski definition) is 1. The summed E-state index contributed by atoms with van der Waals surface area (Å²) in [5.74, 6) is -0.311. The Morgan fingerprint density at radius 2 is 1.66 bits per heavy atom. The van der Waals surface area contributed by atoms with Gasteiger partial charge in [-0.1, -0.05) is 24.3 Å². The molecule has 0 heterocycles. The molecule has 0 fully saturated rings. The summed E-state index contributed by atoms with van der Waals surface area (Å²) in [4.78, 5) is 25.0. The molecule has 0 aliphatic rings. The van der Waals surface area contributed by atoms with Crippen molar-refractivity contribution in [2.24, 2.45) is 0 Å². The van der Waals surface area contributed by atoms with Crippen molar-refractivity contribution in [1.82, 2.24) is 0 Å². The number of carbonyl (C=O) groups excluding carboxylic acids is 2. The van der Waals surface area contributed by atoms with Gasteiger partial charge in [0.05, 0.1) is 0 Å². The number of Topliss-reactive ketones (excluding diaryl/α,β-unsaturated/α-hetero) is 1. The number of ketones is 1. The fourth-order valence-electron chi connectivity index (χ4n) is 2.75. The maximum atomic E-state index is 13.1. The summed E-state index contributed by atoms with van der Waals surface area (Å²) in [5, 5.41) is 2.80. The molecule has 0 radical (unpaired) electrons. The molecule has 29 heavy (non-hydrogen) atoms. The van der Waals surface area contributed by atoms with Gasteiger partial charge >= 0.3 is 0 Å². The molecule has 0 saturated heterocycles. The number of alkyl halides is 1. The molecule has 148 valence electrons. The van der Waals surface area contributed by atoms with E-state index < -0.39 is 11.9 Å². The van der Waals surface area contributed by atoms with Crippen LogP contribution >= 0.6 is 11.6 Å². The molecule has 6 heteroatoms. The highest BCUT2D eigenvalue weighted by Gasteiger charge is 2.22. The minimum Gasteiger partial charge on any atom is -0.482 e. The predicted octanol–water partition coefficient (Wildman–Crippen LogP) is 5.34. The van der Waals surface area contributed by atoms with Crippen LogP contribution < -0.4 is 10.1 Å². The molecule has 1 N–H and O–H groups in total. The maximum absolute atomic E-state index is 13.1. The minimum atomic E-state index is -0.821. The van der Waals surface area contributed by atoms with Gasteiger partial charge in [0, 0.05) is 35.2 Å². The van der Waals surface area contributed by atoms with E-state index >= 15 is 0 Å². The zero-order chi connectivity index (χ0) is 20.6. The third kappa shape index (κ3) is 5.65. The van der Waals surface area contributed by atoms with Crippen LogP contribution in [-0.4, -0.2) is 23.7 Å². The van der Waals surface area contributed by atoms with Gasteiger partial charge < -0.3 is 10.1 Å². The lowest BCUT2D eigenvalue weighted by atomic mass is 10.0. The van der Waals surface area contributed by atoms with Gasteiger partial charge in [-0.05, 0) is 48.5 Å². The summed E-state index contributed by atoms with van der Waals surface area (Å²) in [6.45, 7) is 0. The highest BCUT2D eigenvalue weighted by atomic mass is 35.5. The molecule has 3 aromatic carbocycles. The van der Waals surface area contributed by atoms with E-state index in [1.807, 2.05) is 6.07 Å².